The van der Waals surface area contributed by atoms with Crippen LogP contribution in [0.5, 0.6) is 0 Å². The number of carbonyl (C=O) groups is 1. The Morgan fingerprint density at radius 1 is 1.17 bits per heavy atom. The van der Waals surface area contributed by atoms with Crippen LogP contribution in [0, 0.1) is 0 Å². The molecule has 18 heavy (non-hydrogen) atoms. The fourth-order valence-corrected chi connectivity index (χ4v) is 2.27. The van der Waals surface area contributed by atoms with E-state index >= 15 is 0 Å². The molecule has 0 unspecified atom stereocenters. The highest BCUT2D eigenvalue weighted by molar-refractivity contribution is 5.75. The number of amides is 1. The Morgan fingerprint density at radius 3 is 2.67 bits per heavy atom. The number of nitrogens with zero attached hydrogens (tertiary/aromatic N) is 1. The van der Waals surface area contributed by atoms with E-state index in [1.54, 1.807) is 0 Å². The van der Waals surface area contributed by atoms with E-state index in [1.807, 2.05) is 0 Å². The molecule has 0 saturated carbocycles. The van der Waals surface area contributed by atoms with Gasteiger partial charge >= 0.3 is 0 Å². The normalized spacial score (nSPS) is 16.7. The zero-order valence-electron chi connectivity index (χ0n) is 11.8. The Hall–Kier alpha value is -0.610. The van der Waals surface area contributed by atoms with Crippen molar-refractivity contribution in [3.63, 3.8) is 0 Å². The van der Waals surface area contributed by atoms with Crippen LogP contribution in [0.1, 0.15) is 45.4 Å². The second-order valence-electron chi connectivity index (χ2n) is 5.11. The van der Waals surface area contributed by atoms with Crippen molar-refractivity contribution >= 4 is 5.91 Å². The van der Waals surface area contributed by atoms with Gasteiger partial charge in [-0.2, -0.15) is 0 Å². The second kappa shape index (κ2) is 10.3. The second-order valence-corrected chi connectivity index (χ2v) is 5.11. The molecule has 1 heterocycles. The van der Waals surface area contributed by atoms with E-state index in [9.17, 15) is 4.79 Å². The minimum absolute atomic E-state index is 0.228. The summed E-state index contributed by atoms with van der Waals surface area (Å²) in [5.41, 5.74) is 0. The SMILES string of the molecule is CCCCCCC(=O)NCCCN1CCNCC1. The molecule has 0 aromatic carbocycles. The lowest BCUT2D eigenvalue weighted by atomic mass is 10.1. The van der Waals surface area contributed by atoms with Crippen LogP contribution >= 0.6 is 0 Å². The highest BCUT2D eigenvalue weighted by Crippen LogP contribution is 2.02. The monoisotopic (exact) mass is 255 g/mol. The lowest BCUT2D eigenvalue weighted by Gasteiger charge is -2.27. The molecule has 0 aromatic heterocycles. The molecule has 2 N–H and O–H groups in total. The van der Waals surface area contributed by atoms with Gasteiger partial charge in [-0.1, -0.05) is 26.2 Å². The van der Waals surface area contributed by atoms with Gasteiger partial charge in [-0.25, -0.2) is 0 Å². The molecule has 1 rings (SSSR count). The Bertz CT molecular complexity index is 215. The van der Waals surface area contributed by atoms with Crippen molar-refractivity contribution in [2.75, 3.05) is 39.3 Å². The van der Waals surface area contributed by atoms with Gasteiger partial charge in [0.2, 0.25) is 5.91 Å². The van der Waals surface area contributed by atoms with Crippen molar-refractivity contribution < 1.29 is 4.79 Å². The quantitative estimate of drug-likeness (QED) is 0.612. The van der Waals surface area contributed by atoms with Gasteiger partial charge in [-0.3, -0.25) is 4.79 Å². The summed E-state index contributed by atoms with van der Waals surface area (Å²) in [7, 11) is 0. The van der Waals surface area contributed by atoms with Gasteiger partial charge in [0.15, 0.2) is 0 Å². The van der Waals surface area contributed by atoms with Gasteiger partial charge in [0.25, 0.3) is 0 Å². The largest absolute Gasteiger partial charge is 0.356 e. The molecule has 0 radical (unpaired) electrons. The number of hydrogen-bond acceptors (Lipinski definition) is 3. The first kappa shape index (κ1) is 15.4. The average Bonchev–Trinajstić information content (AvgIpc) is 2.41. The highest BCUT2D eigenvalue weighted by atomic mass is 16.1. The molecule has 0 aliphatic carbocycles. The molecule has 1 aliphatic heterocycles. The summed E-state index contributed by atoms with van der Waals surface area (Å²) in [5.74, 6) is 0.228. The number of carbonyl (C=O) groups excluding carboxylic acids is 1. The fraction of sp³-hybridized carbons (Fsp3) is 0.929. The lowest BCUT2D eigenvalue weighted by molar-refractivity contribution is -0.121. The van der Waals surface area contributed by atoms with Crippen LogP contribution < -0.4 is 10.6 Å². The van der Waals surface area contributed by atoms with Crippen LogP contribution in [0.4, 0.5) is 0 Å². The number of piperazine rings is 1. The smallest absolute Gasteiger partial charge is 0.219 e. The fourth-order valence-electron chi connectivity index (χ4n) is 2.27. The third kappa shape index (κ3) is 7.67. The van der Waals surface area contributed by atoms with Crippen LogP contribution in [-0.4, -0.2) is 50.1 Å². The van der Waals surface area contributed by atoms with E-state index < -0.39 is 0 Å². The van der Waals surface area contributed by atoms with E-state index in [-0.39, 0.29) is 5.91 Å². The third-order valence-corrected chi connectivity index (χ3v) is 3.44. The van der Waals surface area contributed by atoms with Crippen LogP contribution in [0.3, 0.4) is 0 Å². The van der Waals surface area contributed by atoms with Gasteiger partial charge in [0.05, 0.1) is 0 Å². The summed E-state index contributed by atoms with van der Waals surface area (Å²) < 4.78 is 0. The van der Waals surface area contributed by atoms with Crippen molar-refractivity contribution in [2.45, 2.75) is 45.4 Å². The van der Waals surface area contributed by atoms with Crippen LogP contribution in [-0.2, 0) is 4.79 Å². The molecule has 0 atom stereocenters. The topological polar surface area (TPSA) is 44.4 Å². The van der Waals surface area contributed by atoms with E-state index in [4.69, 9.17) is 0 Å². The maximum atomic E-state index is 11.5. The van der Waals surface area contributed by atoms with Crippen molar-refractivity contribution in [3.05, 3.63) is 0 Å². The predicted molar refractivity (Wildman–Crippen MR) is 75.7 cm³/mol. The van der Waals surface area contributed by atoms with Gasteiger partial charge in [-0.05, 0) is 19.4 Å². The van der Waals surface area contributed by atoms with Crippen LogP contribution in [0.15, 0.2) is 0 Å². The van der Waals surface area contributed by atoms with E-state index in [0.29, 0.717) is 6.42 Å². The minimum atomic E-state index is 0.228. The molecule has 4 heteroatoms. The first-order valence-corrected chi connectivity index (χ1v) is 7.52. The third-order valence-electron chi connectivity index (χ3n) is 3.44. The summed E-state index contributed by atoms with van der Waals surface area (Å²) in [6.45, 7) is 8.62. The van der Waals surface area contributed by atoms with Gasteiger partial charge in [0.1, 0.15) is 0 Å². The number of rotatable bonds is 9. The Kier molecular flexibility index (Phi) is 8.86. The summed E-state index contributed by atoms with van der Waals surface area (Å²) in [6.07, 6.45) is 6.47. The van der Waals surface area contributed by atoms with Gasteiger partial charge < -0.3 is 15.5 Å². The summed E-state index contributed by atoms with van der Waals surface area (Å²) in [5, 5.41) is 6.36. The average molecular weight is 255 g/mol. The molecule has 0 spiro atoms. The van der Waals surface area contributed by atoms with Crippen molar-refractivity contribution in [1.82, 2.24) is 15.5 Å². The molecular weight excluding hydrogens is 226 g/mol. The maximum Gasteiger partial charge on any atom is 0.219 e. The zero-order valence-corrected chi connectivity index (χ0v) is 11.8. The number of unbranched alkanes of at least 4 members (excludes halogenated alkanes) is 3. The standard InChI is InChI=1S/C14H29N3O/c1-2-3-4-5-7-14(18)16-8-6-11-17-12-9-15-10-13-17/h15H,2-13H2,1H3,(H,16,18). The molecule has 1 amide bonds. The lowest BCUT2D eigenvalue weighted by Crippen LogP contribution is -2.44. The Labute approximate surface area is 111 Å². The van der Waals surface area contributed by atoms with Crippen molar-refractivity contribution in [2.24, 2.45) is 0 Å². The zero-order chi connectivity index (χ0) is 13.1. The molecular formula is C14H29N3O. The highest BCUT2D eigenvalue weighted by Gasteiger charge is 2.08. The molecule has 106 valence electrons. The van der Waals surface area contributed by atoms with Crippen LogP contribution in [0.25, 0.3) is 0 Å². The van der Waals surface area contributed by atoms with Crippen LogP contribution in [0.2, 0.25) is 0 Å². The molecule has 1 aliphatic rings. The summed E-state index contributed by atoms with van der Waals surface area (Å²) >= 11 is 0. The van der Waals surface area contributed by atoms with Crippen molar-refractivity contribution in [3.8, 4) is 0 Å². The molecule has 1 saturated heterocycles. The predicted octanol–water partition coefficient (Wildman–Crippen LogP) is 1.37. The molecule has 4 nitrogen and oxygen atoms in total. The first-order chi connectivity index (χ1) is 8.83. The maximum absolute atomic E-state index is 11.5. The van der Waals surface area contributed by atoms with Crippen molar-refractivity contribution in [1.29, 1.82) is 0 Å². The number of nitrogens with one attached hydrogen (secondary N) is 2. The van der Waals surface area contributed by atoms with E-state index in [2.05, 4.69) is 22.5 Å². The number of hydrogen-bond donors (Lipinski definition) is 2. The van der Waals surface area contributed by atoms with E-state index in [1.165, 1.54) is 19.3 Å². The Balaban J connectivity index is 1.88. The van der Waals surface area contributed by atoms with Gasteiger partial charge in [0, 0.05) is 39.1 Å². The van der Waals surface area contributed by atoms with Gasteiger partial charge in [-0.15, -0.1) is 0 Å². The summed E-state index contributed by atoms with van der Waals surface area (Å²) in [6, 6.07) is 0. The molecule has 1 fully saturated rings. The Morgan fingerprint density at radius 2 is 1.94 bits per heavy atom. The summed E-state index contributed by atoms with van der Waals surface area (Å²) in [4.78, 5) is 14.0. The molecule has 0 bridgehead atoms. The van der Waals surface area contributed by atoms with E-state index in [0.717, 1.165) is 52.1 Å². The minimum Gasteiger partial charge on any atom is -0.356 e. The first-order valence-electron chi connectivity index (χ1n) is 7.52. The molecule has 0 aromatic rings.